The Morgan fingerprint density at radius 2 is 1.77 bits per heavy atom. The Hall–Kier alpha value is -2.04. The summed E-state index contributed by atoms with van der Waals surface area (Å²) in [6, 6.07) is 12.7. The van der Waals surface area contributed by atoms with E-state index in [0.717, 1.165) is 5.56 Å². The predicted molar refractivity (Wildman–Crippen MR) is 87.2 cm³/mol. The van der Waals surface area contributed by atoms with E-state index in [1.165, 1.54) is 36.4 Å². The van der Waals surface area contributed by atoms with E-state index in [9.17, 15) is 13.7 Å². The molecule has 0 radical (unpaired) electrons. The van der Waals surface area contributed by atoms with Crippen molar-refractivity contribution in [1.82, 2.24) is 0 Å². The molecule has 114 valence electrons. The van der Waals surface area contributed by atoms with Gasteiger partial charge in [0.2, 0.25) is 0 Å². The Bertz CT molecular complexity index is 703. The van der Waals surface area contributed by atoms with E-state index in [4.69, 9.17) is 0 Å². The Balaban J connectivity index is 2.35. The van der Waals surface area contributed by atoms with Crippen molar-refractivity contribution >= 4 is 10.8 Å². The number of hydrogen-bond donors (Lipinski definition) is 1. The predicted octanol–water partition coefficient (Wildman–Crippen LogP) is 4.05. The molecule has 0 heterocycles. The van der Waals surface area contributed by atoms with E-state index in [0.29, 0.717) is 15.4 Å². The number of halogens is 1. The van der Waals surface area contributed by atoms with Gasteiger partial charge in [-0.25, -0.2) is 8.60 Å². The number of aryl methyl sites for hydroxylation is 1. The number of hydrogen-bond acceptors (Lipinski definition) is 2. The van der Waals surface area contributed by atoms with Crippen LogP contribution >= 0.6 is 0 Å². The van der Waals surface area contributed by atoms with Gasteiger partial charge in [0.05, 0.1) is 15.7 Å². The van der Waals surface area contributed by atoms with E-state index >= 15 is 0 Å². The second kappa shape index (κ2) is 7.29. The van der Waals surface area contributed by atoms with Gasteiger partial charge >= 0.3 is 0 Å². The average molecular weight is 316 g/mol. The van der Waals surface area contributed by atoms with Crippen LogP contribution in [-0.4, -0.2) is 9.32 Å². The van der Waals surface area contributed by atoms with Crippen molar-refractivity contribution in [2.75, 3.05) is 0 Å². The molecule has 0 spiro atoms. The van der Waals surface area contributed by atoms with Crippen LogP contribution in [0.15, 0.2) is 77.1 Å². The lowest BCUT2D eigenvalue weighted by atomic mass is 10.1. The minimum Gasteiger partial charge on any atom is -0.383 e. The maximum atomic E-state index is 13.0. The molecule has 2 aromatic rings. The molecule has 1 N–H and O–H groups in total. The van der Waals surface area contributed by atoms with Gasteiger partial charge in [0.25, 0.3) is 0 Å². The van der Waals surface area contributed by atoms with Gasteiger partial charge in [0.15, 0.2) is 0 Å². The van der Waals surface area contributed by atoms with Crippen LogP contribution < -0.4 is 0 Å². The van der Waals surface area contributed by atoms with Gasteiger partial charge in [0, 0.05) is 4.90 Å². The third kappa shape index (κ3) is 3.78. The van der Waals surface area contributed by atoms with Crippen LogP contribution in [-0.2, 0) is 10.8 Å². The van der Waals surface area contributed by atoms with Gasteiger partial charge in [-0.1, -0.05) is 42.5 Å². The van der Waals surface area contributed by atoms with E-state index in [1.807, 2.05) is 19.1 Å². The monoisotopic (exact) mass is 316 g/mol. The molecule has 2 rings (SSSR count). The van der Waals surface area contributed by atoms with Crippen LogP contribution in [0.25, 0.3) is 0 Å². The number of benzene rings is 2. The first kappa shape index (κ1) is 16.3. The van der Waals surface area contributed by atoms with E-state index in [1.54, 1.807) is 12.1 Å². The molecule has 0 saturated carbocycles. The topological polar surface area (TPSA) is 37.3 Å². The molecule has 0 unspecified atom stereocenters. The lowest BCUT2D eigenvalue weighted by Gasteiger charge is -2.15. The summed E-state index contributed by atoms with van der Waals surface area (Å²) in [4.78, 5) is 0.908. The fourth-order valence-corrected chi connectivity index (χ4v) is 3.19. The Morgan fingerprint density at radius 1 is 1.18 bits per heavy atom. The first-order valence-corrected chi connectivity index (χ1v) is 7.92. The van der Waals surface area contributed by atoms with Gasteiger partial charge in [0.1, 0.15) is 11.9 Å². The van der Waals surface area contributed by atoms with Crippen molar-refractivity contribution in [1.29, 1.82) is 0 Å². The number of rotatable bonds is 5. The molecule has 22 heavy (non-hydrogen) atoms. The van der Waals surface area contributed by atoms with E-state index in [-0.39, 0.29) is 5.82 Å². The summed E-state index contributed by atoms with van der Waals surface area (Å²) in [5.74, 6) is -0.384. The molecule has 0 bridgehead atoms. The highest BCUT2D eigenvalue weighted by molar-refractivity contribution is 7.89. The molecule has 0 aromatic heterocycles. The molecule has 2 aromatic carbocycles. The zero-order valence-electron chi connectivity index (χ0n) is 12.2. The van der Waals surface area contributed by atoms with Crippen molar-refractivity contribution in [2.45, 2.75) is 17.9 Å². The highest BCUT2D eigenvalue weighted by atomic mass is 32.2. The molecule has 2 atom stereocenters. The smallest absolute Gasteiger partial charge is 0.123 e. The summed E-state index contributed by atoms with van der Waals surface area (Å²) in [6.45, 7) is 5.54. The molecule has 0 saturated heterocycles. The Morgan fingerprint density at radius 3 is 2.32 bits per heavy atom. The quantitative estimate of drug-likeness (QED) is 0.845. The van der Waals surface area contributed by atoms with Crippen LogP contribution in [0.2, 0.25) is 0 Å². The van der Waals surface area contributed by atoms with E-state index in [2.05, 4.69) is 6.58 Å². The van der Waals surface area contributed by atoms with Crippen molar-refractivity contribution in [3.8, 4) is 0 Å². The molecule has 0 aliphatic heterocycles. The largest absolute Gasteiger partial charge is 0.383 e. The summed E-state index contributed by atoms with van der Waals surface area (Å²) in [7, 11) is -1.52. The van der Waals surface area contributed by atoms with Crippen molar-refractivity contribution in [2.24, 2.45) is 0 Å². The van der Waals surface area contributed by atoms with Crippen LogP contribution in [0.3, 0.4) is 0 Å². The fourth-order valence-electron chi connectivity index (χ4n) is 1.98. The lowest BCUT2D eigenvalue weighted by molar-refractivity contribution is 0.224. The first-order chi connectivity index (χ1) is 10.5. The fraction of sp³-hybridized carbons (Fsp3) is 0.111. The highest BCUT2D eigenvalue weighted by Crippen LogP contribution is 2.28. The molecule has 0 aliphatic rings. The van der Waals surface area contributed by atoms with Gasteiger partial charge in [-0.3, -0.25) is 0 Å². The third-order valence-electron chi connectivity index (χ3n) is 3.19. The van der Waals surface area contributed by atoms with Crippen molar-refractivity contribution in [3.63, 3.8) is 0 Å². The summed E-state index contributed by atoms with van der Waals surface area (Å²) >= 11 is 0. The zero-order chi connectivity index (χ0) is 16.1. The molecule has 0 fully saturated rings. The summed E-state index contributed by atoms with van der Waals surface area (Å²) in [5.41, 5.74) is 1.55. The van der Waals surface area contributed by atoms with Crippen molar-refractivity contribution in [3.05, 3.63) is 89.1 Å². The normalized spacial score (nSPS) is 14.4. The number of allylic oxidation sites excluding steroid dienone is 2. The minimum atomic E-state index is -1.52. The van der Waals surface area contributed by atoms with Crippen molar-refractivity contribution < 1.29 is 13.7 Å². The van der Waals surface area contributed by atoms with Crippen LogP contribution in [0.4, 0.5) is 4.39 Å². The standard InChI is InChI=1S/C18H17FO2S/c1-3-4-17(18(20)14-7-9-15(19)10-8-14)22(21)16-11-5-13(2)6-12-16/h3-12,18,20H,1H2,2H3/b17-4+/t18-,22-/m0/s1. The first-order valence-electron chi connectivity index (χ1n) is 6.77. The third-order valence-corrected chi connectivity index (χ3v) is 4.67. The number of aliphatic hydroxyl groups excluding tert-OH is 1. The molecule has 0 aliphatic carbocycles. The van der Waals surface area contributed by atoms with Gasteiger partial charge in [-0.15, -0.1) is 0 Å². The van der Waals surface area contributed by atoms with Crippen LogP contribution in [0.1, 0.15) is 17.2 Å². The molecular weight excluding hydrogens is 299 g/mol. The number of aliphatic hydroxyl groups is 1. The van der Waals surface area contributed by atoms with Crippen LogP contribution in [0.5, 0.6) is 0 Å². The second-order valence-electron chi connectivity index (χ2n) is 4.84. The molecular formula is C18H17FO2S. The van der Waals surface area contributed by atoms with Gasteiger partial charge in [-0.05, 0) is 42.8 Å². The van der Waals surface area contributed by atoms with Gasteiger partial charge < -0.3 is 5.11 Å². The maximum absolute atomic E-state index is 13.0. The zero-order valence-corrected chi connectivity index (χ0v) is 13.0. The Labute approximate surface area is 132 Å². The summed E-state index contributed by atoms with van der Waals surface area (Å²) in [5, 5.41) is 10.5. The minimum absolute atomic E-state index is 0.311. The van der Waals surface area contributed by atoms with Gasteiger partial charge in [-0.2, -0.15) is 0 Å². The molecule has 4 heteroatoms. The average Bonchev–Trinajstić information content (AvgIpc) is 2.53. The SMILES string of the molecule is C=C/C=C(\[C@@H](O)c1ccc(F)cc1)[S@@](=O)c1ccc(C)cc1. The second-order valence-corrected chi connectivity index (χ2v) is 6.32. The van der Waals surface area contributed by atoms with E-state index < -0.39 is 16.9 Å². The lowest BCUT2D eigenvalue weighted by Crippen LogP contribution is -2.07. The summed E-state index contributed by atoms with van der Waals surface area (Å²) in [6.07, 6.45) is 1.93. The van der Waals surface area contributed by atoms with Crippen LogP contribution in [0, 0.1) is 12.7 Å². The Kier molecular flexibility index (Phi) is 5.41. The highest BCUT2D eigenvalue weighted by Gasteiger charge is 2.20. The maximum Gasteiger partial charge on any atom is 0.123 e. The summed E-state index contributed by atoms with van der Waals surface area (Å²) < 4.78 is 25.7. The molecule has 0 amide bonds. The molecule has 2 nitrogen and oxygen atoms in total.